The van der Waals surface area contributed by atoms with E-state index in [0.29, 0.717) is 4.46 Å². The third kappa shape index (κ3) is 4.02. The molecular weight excluding hydrogens is 395 g/mol. The predicted octanol–water partition coefficient (Wildman–Crippen LogP) is -3.95. The fraction of sp³-hybridized carbons (Fsp3) is 0.500. The Hall–Kier alpha value is -0.751. The molecule has 0 unspecified atom stereocenters. The minimum absolute atomic E-state index is 0.0311. The summed E-state index contributed by atoms with van der Waals surface area (Å²) in [5, 5.41) is 42.8. The molecule has 130 valence electrons. The van der Waals surface area contributed by atoms with E-state index in [1.165, 1.54) is 18.2 Å². The number of rotatable bonds is 4. The second-order valence-corrected chi connectivity index (χ2v) is 9.05. The number of hydrogen-bond acceptors (Lipinski definition) is 8. The van der Waals surface area contributed by atoms with Gasteiger partial charge < -0.3 is 0 Å². The van der Waals surface area contributed by atoms with Crippen molar-refractivity contribution in [2.45, 2.75) is 34.3 Å². The number of aliphatic hydroxyl groups is 4. The van der Waals surface area contributed by atoms with Gasteiger partial charge in [0, 0.05) is 0 Å². The first-order valence-electron chi connectivity index (χ1n) is 6.54. The van der Waals surface area contributed by atoms with Crippen LogP contribution in [0.2, 0.25) is 0 Å². The van der Waals surface area contributed by atoms with Crippen LogP contribution in [0, 0.1) is 0 Å². The third-order valence-corrected chi connectivity index (χ3v) is 6.78. The van der Waals surface area contributed by atoms with Crippen molar-refractivity contribution in [2.75, 3.05) is 12.3 Å². The van der Waals surface area contributed by atoms with E-state index in [1.54, 1.807) is 0 Å². The number of benzene rings is 1. The number of primary sulfonamides is 1. The number of aliphatic hydroxyl groups excluding tert-OH is 4. The van der Waals surface area contributed by atoms with Gasteiger partial charge in [0.05, 0.1) is 0 Å². The first-order valence-corrected chi connectivity index (χ1v) is 9.94. The Labute approximate surface area is 139 Å². The van der Waals surface area contributed by atoms with Gasteiger partial charge in [-0.1, -0.05) is 0 Å². The number of sulfonamides is 1. The molecule has 1 aromatic carbocycles. The van der Waals surface area contributed by atoms with Crippen LogP contribution in [0.4, 0.5) is 5.69 Å². The van der Waals surface area contributed by atoms with Gasteiger partial charge in [0.1, 0.15) is 0 Å². The topological polar surface area (TPSA) is 176 Å². The average molecular weight is 413 g/mol. The fourth-order valence-corrected chi connectivity index (χ4v) is 5.13. The van der Waals surface area contributed by atoms with Crippen LogP contribution in [-0.4, -0.2) is 79.8 Å². The third-order valence-electron chi connectivity index (χ3n) is 3.39. The van der Waals surface area contributed by atoms with E-state index >= 15 is 0 Å². The molecule has 0 saturated carbocycles. The fourth-order valence-electron chi connectivity index (χ4n) is 2.16. The van der Waals surface area contributed by atoms with Gasteiger partial charge in [-0.3, -0.25) is 0 Å². The van der Waals surface area contributed by atoms with Gasteiger partial charge in [-0.15, -0.1) is 0 Å². The molecule has 9 nitrogen and oxygen atoms in total. The molecule has 0 radical (unpaired) electrons. The zero-order valence-corrected chi connectivity index (χ0v) is 14.3. The second kappa shape index (κ2) is 7.01. The van der Waals surface area contributed by atoms with E-state index in [0.717, 1.165) is 0 Å². The van der Waals surface area contributed by atoms with Crippen molar-refractivity contribution >= 4 is 35.1 Å². The van der Waals surface area contributed by atoms with E-state index in [1.807, 2.05) is 0 Å². The Morgan fingerprint density at radius 2 is 1.83 bits per heavy atom. The van der Waals surface area contributed by atoms with Crippen molar-refractivity contribution in [3.8, 4) is 0 Å². The van der Waals surface area contributed by atoms with Gasteiger partial charge in [0.2, 0.25) is 0 Å². The molecular formula is C12H18N2O7SSe. The molecule has 1 aromatic rings. The minimum atomic E-state index is -3.93. The van der Waals surface area contributed by atoms with Crippen LogP contribution in [0.5, 0.6) is 0 Å². The Morgan fingerprint density at radius 3 is 2.35 bits per heavy atom. The summed E-state index contributed by atoms with van der Waals surface area (Å²) in [6.45, 7) is -0.510. The average Bonchev–Trinajstić information content (AvgIpc) is 2.46. The first-order chi connectivity index (χ1) is 10.6. The summed E-state index contributed by atoms with van der Waals surface area (Å²) in [5.74, 6) is 0. The van der Waals surface area contributed by atoms with Crippen molar-refractivity contribution in [1.29, 1.82) is 0 Å². The molecule has 1 aliphatic heterocycles. The first kappa shape index (κ1) is 18.6. The zero-order chi connectivity index (χ0) is 17.4. The van der Waals surface area contributed by atoms with Crippen LogP contribution >= 0.6 is 0 Å². The number of nitrogens with two attached hydrogens (primary N) is 2. The molecule has 0 aromatic heterocycles. The quantitative estimate of drug-likeness (QED) is 0.214. The van der Waals surface area contributed by atoms with Gasteiger partial charge in [-0.2, -0.15) is 0 Å². The van der Waals surface area contributed by atoms with Crippen LogP contribution in [0.15, 0.2) is 23.1 Å². The number of ether oxygens (including phenoxy) is 1. The van der Waals surface area contributed by atoms with E-state index in [-0.39, 0.29) is 10.6 Å². The van der Waals surface area contributed by atoms with Crippen LogP contribution in [-0.2, 0) is 14.8 Å². The maximum atomic E-state index is 11.3. The molecule has 8 N–H and O–H groups in total. The van der Waals surface area contributed by atoms with E-state index in [4.69, 9.17) is 20.7 Å². The van der Waals surface area contributed by atoms with Crippen LogP contribution in [0.3, 0.4) is 0 Å². The monoisotopic (exact) mass is 414 g/mol. The SMILES string of the molecule is Nc1cc([Se][C@@H]2O[C@H](CO)[C@@H](O)[C@H](O)[C@H]2O)ccc1S(N)(=O)=O. The van der Waals surface area contributed by atoms with Crippen LogP contribution in [0.25, 0.3) is 0 Å². The van der Waals surface area contributed by atoms with Gasteiger partial charge in [0.15, 0.2) is 0 Å². The molecule has 0 aliphatic carbocycles. The molecule has 0 bridgehead atoms. The molecule has 1 heterocycles. The Bertz CT molecular complexity index is 669. The second-order valence-electron chi connectivity index (χ2n) is 5.06. The molecule has 11 heteroatoms. The Kier molecular flexibility index (Phi) is 5.67. The molecule has 1 aliphatic rings. The molecule has 5 atom stereocenters. The summed E-state index contributed by atoms with van der Waals surface area (Å²) in [5.41, 5.74) is 5.64. The van der Waals surface area contributed by atoms with Crippen molar-refractivity contribution in [3.05, 3.63) is 18.2 Å². The maximum absolute atomic E-state index is 11.3. The number of nitrogen functional groups attached to an aromatic ring is 1. The predicted molar refractivity (Wildman–Crippen MR) is 81.4 cm³/mol. The van der Waals surface area contributed by atoms with Crippen molar-refractivity contribution in [2.24, 2.45) is 5.14 Å². The van der Waals surface area contributed by atoms with E-state index in [2.05, 4.69) is 0 Å². The zero-order valence-electron chi connectivity index (χ0n) is 11.8. The molecule has 2 rings (SSSR count). The summed E-state index contributed by atoms with van der Waals surface area (Å²) in [4.78, 5) is -0.203. The van der Waals surface area contributed by atoms with Gasteiger partial charge >= 0.3 is 139 Å². The van der Waals surface area contributed by atoms with Crippen molar-refractivity contribution < 1.29 is 33.6 Å². The summed E-state index contributed by atoms with van der Waals surface area (Å²) >= 11 is -0.557. The van der Waals surface area contributed by atoms with Gasteiger partial charge in [-0.05, 0) is 0 Å². The van der Waals surface area contributed by atoms with Crippen molar-refractivity contribution in [1.82, 2.24) is 0 Å². The summed E-state index contributed by atoms with van der Waals surface area (Å²) in [6, 6.07) is 4.14. The van der Waals surface area contributed by atoms with E-state index in [9.17, 15) is 23.7 Å². The van der Waals surface area contributed by atoms with Crippen LogP contribution < -0.4 is 15.3 Å². The van der Waals surface area contributed by atoms with Gasteiger partial charge in [-0.25, -0.2) is 0 Å². The molecule has 1 saturated heterocycles. The van der Waals surface area contributed by atoms with Gasteiger partial charge in [0.25, 0.3) is 0 Å². The normalized spacial score (nSPS) is 32.0. The molecule has 0 spiro atoms. The summed E-state index contributed by atoms with van der Waals surface area (Å²) in [7, 11) is -3.93. The molecule has 0 amide bonds. The van der Waals surface area contributed by atoms with Crippen LogP contribution in [0.1, 0.15) is 0 Å². The molecule has 1 fully saturated rings. The Morgan fingerprint density at radius 1 is 1.17 bits per heavy atom. The molecule has 23 heavy (non-hydrogen) atoms. The Balaban J connectivity index is 2.20. The van der Waals surface area contributed by atoms with E-state index < -0.39 is 61.0 Å². The number of anilines is 1. The standard InChI is InChI=1S/C12H18N2O7SSe/c13-6-3-5(1-2-8(6)22(14,19)20)23-12-11(18)10(17)9(16)7(4-15)21-12/h1-3,7,9-12,15-18H,4,13H2,(H2,14,19,20)/t7-,9-,10+,11-,12+/m1/s1. The summed E-state index contributed by atoms with van der Waals surface area (Å²) in [6.07, 6.45) is -5.20. The van der Waals surface area contributed by atoms with Crippen molar-refractivity contribution in [3.63, 3.8) is 0 Å². The number of hydrogen-bond donors (Lipinski definition) is 6. The summed E-state index contributed by atoms with van der Waals surface area (Å²) < 4.78 is 28.6.